The number of halogens is 2. The number of rotatable bonds is 5. The van der Waals surface area contributed by atoms with Crippen molar-refractivity contribution < 1.29 is 18.7 Å². The molecule has 0 bridgehead atoms. The van der Waals surface area contributed by atoms with Gasteiger partial charge in [0, 0.05) is 9.26 Å². The second-order valence-corrected chi connectivity index (χ2v) is 5.73. The number of esters is 1. The summed E-state index contributed by atoms with van der Waals surface area (Å²) in [6, 6.07) is 13.1. The highest BCUT2D eigenvalue weighted by atomic mass is 127. The van der Waals surface area contributed by atoms with E-state index in [2.05, 4.69) is 27.9 Å². The molecular weight excluding hydrogens is 400 g/mol. The fourth-order valence-electron chi connectivity index (χ4n) is 1.72. The van der Waals surface area contributed by atoms with Crippen molar-refractivity contribution in [3.8, 4) is 0 Å². The van der Waals surface area contributed by atoms with E-state index in [1.165, 1.54) is 12.1 Å². The van der Waals surface area contributed by atoms with Gasteiger partial charge >= 0.3 is 5.97 Å². The van der Waals surface area contributed by atoms with Crippen molar-refractivity contribution >= 4 is 40.2 Å². The van der Waals surface area contributed by atoms with Gasteiger partial charge < -0.3 is 10.1 Å². The largest absolute Gasteiger partial charge is 0.455 e. The van der Waals surface area contributed by atoms with E-state index in [1.54, 1.807) is 24.3 Å². The standard InChI is InChI=1S/C16H13FINO3/c17-14-4-2-1-3-11(14)9-16(21)22-10-15(20)19-13-7-5-12(18)6-8-13/h1-8H,9-10H2,(H,19,20). The molecule has 0 aliphatic rings. The minimum Gasteiger partial charge on any atom is -0.455 e. The first-order chi connectivity index (χ1) is 10.5. The second kappa shape index (κ2) is 7.88. The smallest absolute Gasteiger partial charge is 0.310 e. The van der Waals surface area contributed by atoms with Gasteiger partial charge in [-0.1, -0.05) is 18.2 Å². The molecule has 0 aliphatic heterocycles. The molecule has 4 nitrogen and oxygen atoms in total. The lowest BCUT2D eigenvalue weighted by Gasteiger charge is -2.07. The molecule has 6 heteroatoms. The highest BCUT2D eigenvalue weighted by Gasteiger charge is 2.11. The van der Waals surface area contributed by atoms with Gasteiger partial charge in [0.2, 0.25) is 0 Å². The normalized spacial score (nSPS) is 10.1. The molecule has 0 radical (unpaired) electrons. The number of amides is 1. The maximum atomic E-state index is 13.4. The second-order valence-electron chi connectivity index (χ2n) is 4.48. The summed E-state index contributed by atoms with van der Waals surface area (Å²) in [5.41, 5.74) is 0.862. The quantitative estimate of drug-likeness (QED) is 0.606. The molecule has 114 valence electrons. The number of anilines is 1. The van der Waals surface area contributed by atoms with Crippen LogP contribution in [0.5, 0.6) is 0 Å². The van der Waals surface area contributed by atoms with E-state index >= 15 is 0 Å². The van der Waals surface area contributed by atoms with Crippen LogP contribution in [-0.4, -0.2) is 18.5 Å². The fourth-order valence-corrected chi connectivity index (χ4v) is 2.08. The lowest BCUT2D eigenvalue weighted by atomic mass is 10.1. The molecular formula is C16H13FINO3. The molecule has 2 aromatic carbocycles. The fraction of sp³-hybridized carbons (Fsp3) is 0.125. The first-order valence-corrected chi connectivity index (χ1v) is 7.57. The third kappa shape index (κ3) is 5.10. The average molecular weight is 413 g/mol. The summed E-state index contributed by atoms with van der Waals surface area (Å²) in [5, 5.41) is 2.61. The van der Waals surface area contributed by atoms with E-state index in [0.29, 0.717) is 5.69 Å². The number of carbonyl (C=O) groups is 2. The highest BCUT2D eigenvalue weighted by Crippen LogP contribution is 2.11. The van der Waals surface area contributed by atoms with E-state index in [-0.39, 0.29) is 12.0 Å². The van der Waals surface area contributed by atoms with Gasteiger partial charge in [-0.2, -0.15) is 0 Å². The van der Waals surface area contributed by atoms with Crippen molar-refractivity contribution in [1.82, 2.24) is 0 Å². The molecule has 0 spiro atoms. The Morgan fingerprint density at radius 1 is 1.09 bits per heavy atom. The zero-order chi connectivity index (χ0) is 15.9. The van der Waals surface area contributed by atoms with Crippen LogP contribution < -0.4 is 5.32 Å². The Balaban J connectivity index is 1.79. The molecule has 0 aromatic heterocycles. The topological polar surface area (TPSA) is 55.4 Å². The predicted molar refractivity (Wildman–Crippen MR) is 88.9 cm³/mol. The number of benzene rings is 2. The number of ether oxygens (including phenoxy) is 1. The molecule has 0 saturated carbocycles. The van der Waals surface area contributed by atoms with E-state index in [4.69, 9.17) is 4.74 Å². The van der Waals surface area contributed by atoms with Crippen molar-refractivity contribution in [2.24, 2.45) is 0 Å². The summed E-state index contributed by atoms with van der Waals surface area (Å²) in [6.45, 7) is -0.403. The molecule has 0 atom stereocenters. The summed E-state index contributed by atoms with van der Waals surface area (Å²) >= 11 is 2.16. The van der Waals surface area contributed by atoms with Gasteiger partial charge in [0.15, 0.2) is 6.61 Å². The minimum atomic E-state index is -0.650. The molecule has 1 N–H and O–H groups in total. The highest BCUT2D eigenvalue weighted by molar-refractivity contribution is 14.1. The molecule has 2 rings (SSSR count). The summed E-state index contributed by atoms with van der Waals surface area (Å²) in [7, 11) is 0. The van der Waals surface area contributed by atoms with E-state index in [1.807, 2.05) is 12.1 Å². The Morgan fingerprint density at radius 3 is 2.45 bits per heavy atom. The molecule has 0 fully saturated rings. The van der Waals surface area contributed by atoms with Crippen LogP contribution in [0, 0.1) is 9.39 Å². The Morgan fingerprint density at radius 2 is 1.77 bits per heavy atom. The van der Waals surface area contributed by atoms with Gasteiger partial charge in [0.25, 0.3) is 5.91 Å². The Labute approximate surface area is 140 Å². The third-order valence-electron chi connectivity index (χ3n) is 2.78. The maximum absolute atomic E-state index is 13.4. The van der Waals surface area contributed by atoms with Gasteiger partial charge in [-0.3, -0.25) is 9.59 Å². The molecule has 0 heterocycles. The molecule has 0 unspecified atom stereocenters. The Hall–Kier alpha value is -1.96. The van der Waals surface area contributed by atoms with Crippen LogP contribution in [0.2, 0.25) is 0 Å². The summed E-state index contributed by atoms with van der Waals surface area (Å²) in [6.07, 6.45) is -0.205. The lowest BCUT2D eigenvalue weighted by Crippen LogP contribution is -2.21. The number of hydrogen-bond donors (Lipinski definition) is 1. The number of nitrogens with one attached hydrogen (secondary N) is 1. The summed E-state index contributed by atoms with van der Waals surface area (Å²) in [4.78, 5) is 23.3. The summed E-state index contributed by atoms with van der Waals surface area (Å²) < 4.78 is 19.3. The molecule has 2 aromatic rings. The van der Waals surface area contributed by atoms with Crippen molar-refractivity contribution in [3.63, 3.8) is 0 Å². The average Bonchev–Trinajstić information content (AvgIpc) is 2.50. The predicted octanol–water partition coefficient (Wildman–Crippen LogP) is 3.15. The minimum absolute atomic E-state index is 0.205. The van der Waals surface area contributed by atoms with Crippen LogP contribution in [0.1, 0.15) is 5.56 Å². The van der Waals surface area contributed by atoms with Gasteiger partial charge in [0.05, 0.1) is 6.42 Å². The molecule has 1 amide bonds. The Kier molecular flexibility index (Phi) is 5.88. The van der Waals surface area contributed by atoms with Crippen LogP contribution in [-0.2, 0) is 20.7 Å². The van der Waals surface area contributed by atoms with Crippen molar-refractivity contribution in [2.45, 2.75) is 6.42 Å². The van der Waals surface area contributed by atoms with Crippen molar-refractivity contribution in [2.75, 3.05) is 11.9 Å². The zero-order valence-electron chi connectivity index (χ0n) is 11.5. The van der Waals surface area contributed by atoms with Crippen LogP contribution in [0.25, 0.3) is 0 Å². The Bertz CT molecular complexity index is 673. The number of carbonyl (C=O) groups excluding carboxylic acids is 2. The first kappa shape index (κ1) is 16.4. The third-order valence-corrected chi connectivity index (χ3v) is 3.50. The van der Waals surface area contributed by atoms with Gasteiger partial charge in [-0.05, 0) is 58.5 Å². The van der Waals surface area contributed by atoms with Crippen LogP contribution in [0.4, 0.5) is 10.1 Å². The molecule has 22 heavy (non-hydrogen) atoms. The van der Waals surface area contributed by atoms with Crippen molar-refractivity contribution in [1.29, 1.82) is 0 Å². The van der Waals surface area contributed by atoms with E-state index in [0.717, 1.165) is 3.57 Å². The lowest BCUT2D eigenvalue weighted by molar-refractivity contribution is -0.146. The molecule has 0 aliphatic carbocycles. The van der Waals surface area contributed by atoms with Crippen LogP contribution in [0.15, 0.2) is 48.5 Å². The monoisotopic (exact) mass is 413 g/mol. The zero-order valence-corrected chi connectivity index (χ0v) is 13.7. The van der Waals surface area contributed by atoms with E-state index in [9.17, 15) is 14.0 Å². The maximum Gasteiger partial charge on any atom is 0.310 e. The van der Waals surface area contributed by atoms with E-state index < -0.39 is 24.3 Å². The molecule has 0 saturated heterocycles. The van der Waals surface area contributed by atoms with Gasteiger partial charge in [0.1, 0.15) is 5.82 Å². The summed E-state index contributed by atoms with van der Waals surface area (Å²) in [5.74, 6) is -1.56. The van der Waals surface area contributed by atoms with Crippen LogP contribution >= 0.6 is 22.6 Å². The van der Waals surface area contributed by atoms with Crippen molar-refractivity contribution in [3.05, 3.63) is 63.5 Å². The van der Waals surface area contributed by atoms with Gasteiger partial charge in [-0.15, -0.1) is 0 Å². The van der Waals surface area contributed by atoms with Crippen LogP contribution in [0.3, 0.4) is 0 Å². The number of hydrogen-bond acceptors (Lipinski definition) is 3. The first-order valence-electron chi connectivity index (χ1n) is 6.49. The SMILES string of the molecule is O=C(COC(=O)Cc1ccccc1F)Nc1ccc(I)cc1. The van der Waals surface area contributed by atoms with Gasteiger partial charge in [-0.25, -0.2) is 4.39 Å².